The highest BCUT2D eigenvalue weighted by Crippen LogP contribution is 1.88. The van der Waals surface area contributed by atoms with E-state index in [0.717, 1.165) is 0 Å². The molecule has 4 nitrogen and oxygen atoms in total. The van der Waals surface area contributed by atoms with Crippen LogP contribution in [-0.4, -0.2) is 17.6 Å². The molecule has 10 heavy (non-hydrogen) atoms. The molecule has 0 aromatic rings. The molecule has 1 rings (SSSR count). The van der Waals surface area contributed by atoms with Gasteiger partial charge in [-0.15, -0.1) is 0 Å². The summed E-state index contributed by atoms with van der Waals surface area (Å²) in [6.45, 7) is 0.502. The Balaban J connectivity index is 2.55. The van der Waals surface area contributed by atoms with Crippen molar-refractivity contribution in [2.24, 2.45) is 5.73 Å². The van der Waals surface area contributed by atoms with Gasteiger partial charge in [0.05, 0.1) is 6.54 Å². The minimum Gasteiger partial charge on any atom is -0.350 e. The second-order valence-corrected chi connectivity index (χ2v) is 1.87. The molecule has 0 atom stereocenters. The number of hydrogen-bond donors (Lipinski definition) is 2. The number of nitrogens with zero attached hydrogens (tertiary/aromatic N) is 1. The zero-order valence-corrected chi connectivity index (χ0v) is 5.45. The van der Waals surface area contributed by atoms with Gasteiger partial charge in [-0.3, -0.25) is 0 Å². The SMILES string of the molecule is NC(=O)N1CC=CC=CN1. The van der Waals surface area contributed by atoms with Gasteiger partial charge in [-0.05, 0) is 6.08 Å². The number of nitrogens with two attached hydrogens (primary N) is 1. The van der Waals surface area contributed by atoms with Crippen LogP contribution in [0.4, 0.5) is 4.79 Å². The minimum absolute atomic E-state index is 0.476. The van der Waals surface area contributed by atoms with Crippen molar-refractivity contribution >= 4 is 6.03 Å². The summed E-state index contributed by atoms with van der Waals surface area (Å²) in [5.74, 6) is 0. The molecule has 2 amide bonds. The highest BCUT2D eigenvalue weighted by Gasteiger charge is 2.04. The van der Waals surface area contributed by atoms with Crippen molar-refractivity contribution in [3.8, 4) is 0 Å². The number of allylic oxidation sites excluding steroid dienone is 2. The fourth-order valence-corrected chi connectivity index (χ4v) is 0.640. The number of hydrazine groups is 1. The number of urea groups is 1. The lowest BCUT2D eigenvalue weighted by atomic mass is 10.5. The van der Waals surface area contributed by atoms with Gasteiger partial charge in [0, 0.05) is 6.20 Å². The summed E-state index contributed by atoms with van der Waals surface area (Å²) in [6, 6.07) is -0.476. The van der Waals surface area contributed by atoms with Gasteiger partial charge in [0.25, 0.3) is 0 Å². The number of rotatable bonds is 0. The first-order chi connectivity index (χ1) is 4.80. The van der Waals surface area contributed by atoms with Crippen LogP contribution in [0.1, 0.15) is 0 Å². The summed E-state index contributed by atoms with van der Waals surface area (Å²) >= 11 is 0. The molecule has 0 spiro atoms. The maximum absolute atomic E-state index is 10.5. The Hall–Kier alpha value is -1.45. The third-order valence-corrected chi connectivity index (χ3v) is 1.13. The predicted octanol–water partition coefficient (Wildman–Crippen LogP) is -0.0448. The first-order valence-electron chi connectivity index (χ1n) is 2.95. The molecule has 3 N–H and O–H groups in total. The molecule has 0 saturated carbocycles. The molecule has 1 aliphatic rings. The average molecular weight is 139 g/mol. The molecule has 0 saturated heterocycles. The van der Waals surface area contributed by atoms with Gasteiger partial charge in [-0.25, -0.2) is 9.80 Å². The maximum Gasteiger partial charge on any atom is 0.333 e. The molecular weight excluding hydrogens is 130 g/mol. The average Bonchev–Trinajstić information content (AvgIpc) is 2.12. The van der Waals surface area contributed by atoms with E-state index >= 15 is 0 Å². The molecule has 54 valence electrons. The molecule has 0 aromatic heterocycles. The summed E-state index contributed by atoms with van der Waals surface area (Å²) in [4.78, 5) is 10.5. The molecule has 0 radical (unpaired) electrons. The lowest BCUT2D eigenvalue weighted by molar-refractivity contribution is 0.200. The van der Waals surface area contributed by atoms with Crippen molar-refractivity contribution in [3.05, 3.63) is 24.4 Å². The monoisotopic (exact) mass is 139 g/mol. The van der Waals surface area contributed by atoms with Crippen LogP contribution in [0.2, 0.25) is 0 Å². The van der Waals surface area contributed by atoms with Crippen molar-refractivity contribution < 1.29 is 4.79 Å². The van der Waals surface area contributed by atoms with E-state index in [1.54, 1.807) is 12.3 Å². The normalized spacial score (nSPS) is 16.2. The van der Waals surface area contributed by atoms with E-state index in [1.807, 2.05) is 12.2 Å². The Labute approximate surface area is 59.0 Å². The lowest BCUT2D eigenvalue weighted by Gasteiger charge is -2.16. The van der Waals surface area contributed by atoms with Crippen LogP contribution in [0.15, 0.2) is 24.4 Å². The Morgan fingerprint density at radius 2 is 2.40 bits per heavy atom. The van der Waals surface area contributed by atoms with Crippen molar-refractivity contribution in [2.45, 2.75) is 0 Å². The zero-order valence-electron chi connectivity index (χ0n) is 5.45. The summed E-state index contributed by atoms with van der Waals surface area (Å²) in [5, 5.41) is 1.31. The molecule has 0 unspecified atom stereocenters. The van der Waals surface area contributed by atoms with Gasteiger partial charge in [0.15, 0.2) is 0 Å². The lowest BCUT2D eigenvalue weighted by Crippen LogP contribution is -2.43. The second-order valence-electron chi connectivity index (χ2n) is 1.87. The number of amides is 2. The standard InChI is InChI=1S/C6H9N3O/c7-6(10)9-5-3-1-2-4-8-9/h1-4,8H,5H2,(H2,7,10). The molecule has 1 aliphatic heterocycles. The third-order valence-electron chi connectivity index (χ3n) is 1.13. The number of carbonyl (C=O) groups is 1. The van der Waals surface area contributed by atoms with Gasteiger partial charge < -0.3 is 11.2 Å². The zero-order chi connectivity index (χ0) is 7.40. The van der Waals surface area contributed by atoms with Gasteiger partial charge in [0.2, 0.25) is 0 Å². The fraction of sp³-hybridized carbons (Fsp3) is 0.167. The number of carbonyl (C=O) groups excluding carboxylic acids is 1. The quantitative estimate of drug-likeness (QED) is 0.494. The smallest absolute Gasteiger partial charge is 0.333 e. The molecule has 0 aromatic carbocycles. The molecule has 0 bridgehead atoms. The van der Waals surface area contributed by atoms with Gasteiger partial charge in [-0.1, -0.05) is 12.2 Å². The topological polar surface area (TPSA) is 58.4 Å². The van der Waals surface area contributed by atoms with Crippen molar-refractivity contribution in [1.82, 2.24) is 10.4 Å². The summed E-state index contributed by atoms with van der Waals surface area (Å²) in [6.07, 6.45) is 7.12. The largest absolute Gasteiger partial charge is 0.350 e. The Morgan fingerprint density at radius 3 is 3.10 bits per heavy atom. The van der Waals surface area contributed by atoms with Gasteiger partial charge in [0.1, 0.15) is 0 Å². The number of primary amides is 1. The minimum atomic E-state index is -0.476. The molecule has 0 fully saturated rings. The summed E-state index contributed by atoms with van der Waals surface area (Å²) in [5.41, 5.74) is 7.69. The third kappa shape index (κ3) is 1.51. The highest BCUT2D eigenvalue weighted by molar-refractivity contribution is 5.71. The Morgan fingerprint density at radius 1 is 1.60 bits per heavy atom. The van der Waals surface area contributed by atoms with Crippen LogP contribution in [-0.2, 0) is 0 Å². The fourth-order valence-electron chi connectivity index (χ4n) is 0.640. The number of hydrogen-bond acceptors (Lipinski definition) is 2. The van der Waals surface area contributed by atoms with E-state index < -0.39 is 6.03 Å². The van der Waals surface area contributed by atoms with Crippen molar-refractivity contribution in [3.63, 3.8) is 0 Å². The van der Waals surface area contributed by atoms with Crippen LogP contribution in [0.3, 0.4) is 0 Å². The number of nitrogens with one attached hydrogen (secondary N) is 1. The highest BCUT2D eigenvalue weighted by atomic mass is 16.2. The molecular formula is C6H9N3O. The van der Waals surface area contributed by atoms with Crippen LogP contribution >= 0.6 is 0 Å². The molecule has 4 heteroatoms. The van der Waals surface area contributed by atoms with E-state index in [9.17, 15) is 4.79 Å². The van der Waals surface area contributed by atoms with E-state index in [2.05, 4.69) is 5.43 Å². The van der Waals surface area contributed by atoms with E-state index in [-0.39, 0.29) is 0 Å². The van der Waals surface area contributed by atoms with Gasteiger partial charge >= 0.3 is 6.03 Å². The second kappa shape index (κ2) is 2.91. The Kier molecular flexibility index (Phi) is 1.94. The Bertz CT molecular complexity index is 171. The van der Waals surface area contributed by atoms with E-state index in [4.69, 9.17) is 5.73 Å². The predicted molar refractivity (Wildman–Crippen MR) is 37.7 cm³/mol. The van der Waals surface area contributed by atoms with Crippen molar-refractivity contribution in [2.75, 3.05) is 6.54 Å². The summed E-state index contributed by atoms with van der Waals surface area (Å²) in [7, 11) is 0. The van der Waals surface area contributed by atoms with E-state index in [1.165, 1.54) is 5.01 Å². The van der Waals surface area contributed by atoms with Crippen molar-refractivity contribution in [1.29, 1.82) is 0 Å². The van der Waals surface area contributed by atoms with Crippen LogP contribution in [0.5, 0.6) is 0 Å². The van der Waals surface area contributed by atoms with Crippen LogP contribution < -0.4 is 11.2 Å². The van der Waals surface area contributed by atoms with Gasteiger partial charge in [-0.2, -0.15) is 0 Å². The first kappa shape index (κ1) is 6.67. The van der Waals surface area contributed by atoms with E-state index in [0.29, 0.717) is 6.54 Å². The molecule has 1 heterocycles. The maximum atomic E-state index is 10.5. The molecule has 0 aliphatic carbocycles. The van der Waals surface area contributed by atoms with Crippen LogP contribution in [0.25, 0.3) is 0 Å². The first-order valence-corrected chi connectivity index (χ1v) is 2.95. The van der Waals surface area contributed by atoms with Crippen LogP contribution in [0, 0.1) is 0 Å². The summed E-state index contributed by atoms with van der Waals surface area (Å²) < 4.78 is 0.